The Kier molecular flexibility index (Phi) is 7.36. The zero-order chi connectivity index (χ0) is 18.2. The number of piperidine rings is 2. The number of likely N-dealkylation sites (tertiary alicyclic amines) is 2. The molecule has 1 aromatic carbocycles. The van der Waals surface area contributed by atoms with E-state index >= 15 is 0 Å². The Morgan fingerprint density at radius 3 is 2.50 bits per heavy atom. The summed E-state index contributed by atoms with van der Waals surface area (Å²) in [6.07, 6.45) is 9.68. The van der Waals surface area contributed by atoms with Gasteiger partial charge in [0.25, 0.3) is 5.91 Å². The first-order chi connectivity index (χ1) is 12.8. The summed E-state index contributed by atoms with van der Waals surface area (Å²) in [6, 6.07) is 8.09. The molecule has 2 heterocycles. The van der Waals surface area contributed by atoms with Crippen LogP contribution in [-0.4, -0.2) is 54.5 Å². The third kappa shape index (κ3) is 5.23. The van der Waals surface area contributed by atoms with Crippen molar-refractivity contribution in [2.45, 2.75) is 64.3 Å². The molecule has 26 heavy (non-hydrogen) atoms. The fourth-order valence-corrected chi connectivity index (χ4v) is 4.16. The smallest absolute Gasteiger partial charge is 0.254 e. The summed E-state index contributed by atoms with van der Waals surface area (Å²) in [4.78, 5) is 17.8. The fraction of sp³-hybridized carbons (Fsp3) is 0.682. The summed E-state index contributed by atoms with van der Waals surface area (Å²) in [5.41, 5.74) is 0.790. The normalized spacial score (nSPS) is 21.6. The molecule has 0 N–H and O–H groups in total. The van der Waals surface area contributed by atoms with E-state index in [4.69, 9.17) is 4.74 Å². The van der Waals surface area contributed by atoms with Crippen LogP contribution in [-0.2, 0) is 0 Å². The van der Waals surface area contributed by atoms with Gasteiger partial charge in [-0.3, -0.25) is 4.79 Å². The number of rotatable bonds is 7. The lowest BCUT2D eigenvalue weighted by atomic mass is 9.97. The quantitative estimate of drug-likeness (QED) is 0.726. The predicted octanol–water partition coefficient (Wildman–Crippen LogP) is 4.35. The van der Waals surface area contributed by atoms with Gasteiger partial charge >= 0.3 is 0 Å². The molecule has 4 heteroatoms. The van der Waals surface area contributed by atoms with Crippen LogP contribution in [0.25, 0.3) is 0 Å². The second-order valence-electron chi connectivity index (χ2n) is 7.71. The van der Waals surface area contributed by atoms with Crippen molar-refractivity contribution >= 4 is 5.91 Å². The molecular weight excluding hydrogens is 324 g/mol. The van der Waals surface area contributed by atoms with E-state index in [0.29, 0.717) is 6.04 Å². The number of nitrogens with zero attached hydrogens (tertiary/aromatic N) is 2. The predicted molar refractivity (Wildman–Crippen MR) is 106 cm³/mol. The highest BCUT2D eigenvalue weighted by Gasteiger charge is 2.28. The summed E-state index contributed by atoms with van der Waals surface area (Å²) in [5, 5.41) is 0. The third-order valence-corrected chi connectivity index (χ3v) is 5.69. The van der Waals surface area contributed by atoms with E-state index in [9.17, 15) is 4.79 Å². The van der Waals surface area contributed by atoms with Crippen molar-refractivity contribution in [3.8, 4) is 5.75 Å². The molecule has 0 aliphatic carbocycles. The Bertz CT molecular complexity index is 552. The summed E-state index contributed by atoms with van der Waals surface area (Å²) >= 11 is 0. The highest BCUT2D eigenvalue weighted by molar-refractivity contribution is 5.94. The summed E-state index contributed by atoms with van der Waals surface area (Å²) < 4.78 is 5.63. The number of carbonyl (C=O) groups excluding carboxylic acids is 1. The molecule has 1 aromatic rings. The van der Waals surface area contributed by atoms with Crippen LogP contribution in [0.1, 0.15) is 68.6 Å². The van der Waals surface area contributed by atoms with Crippen molar-refractivity contribution in [1.29, 1.82) is 0 Å². The molecule has 2 aliphatic rings. The van der Waals surface area contributed by atoms with Crippen LogP contribution >= 0.6 is 0 Å². The highest BCUT2D eigenvalue weighted by Crippen LogP contribution is 2.24. The van der Waals surface area contributed by atoms with Gasteiger partial charge in [-0.1, -0.05) is 13.3 Å². The summed E-state index contributed by atoms with van der Waals surface area (Å²) in [7, 11) is 0. The maximum atomic E-state index is 13.1. The lowest BCUT2D eigenvalue weighted by Gasteiger charge is -2.37. The molecule has 144 valence electrons. The van der Waals surface area contributed by atoms with Crippen molar-refractivity contribution in [3.05, 3.63) is 29.8 Å². The second-order valence-corrected chi connectivity index (χ2v) is 7.71. The number of ether oxygens (including phenoxy) is 1. The van der Waals surface area contributed by atoms with Crippen molar-refractivity contribution < 1.29 is 9.53 Å². The molecule has 2 saturated heterocycles. The van der Waals surface area contributed by atoms with Crippen LogP contribution in [0, 0.1) is 0 Å². The maximum absolute atomic E-state index is 13.1. The van der Waals surface area contributed by atoms with Gasteiger partial charge in [-0.05, 0) is 82.3 Å². The van der Waals surface area contributed by atoms with Crippen LogP contribution in [0.5, 0.6) is 5.75 Å². The summed E-state index contributed by atoms with van der Waals surface area (Å²) in [5.74, 6) is 1.04. The molecule has 4 nitrogen and oxygen atoms in total. The molecule has 0 saturated carbocycles. The first-order valence-corrected chi connectivity index (χ1v) is 10.5. The van der Waals surface area contributed by atoms with Gasteiger partial charge in [0.2, 0.25) is 0 Å². The molecule has 1 amide bonds. The second kappa shape index (κ2) is 9.96. The van der Waals surface area contributed by atoms with Crippen LogP contribution in [0.3, 0.4) is 0 Å². The van der Waals surface area contributed by atoms with E-state index in [1.807, 2.05) is 24.3 Å². The topological polar surface area (TPSA) is 32.8 Å². The Labute approximate surface area is 158 Å². The fourth-order valence-electron chi connectivity index (χ4n) is 4.16. The SMILES string of the molecule is CCCOc1ccc(C(=O)N2CCCC[C@@H]2CCN2CCCCC2)cc1. The van der Waals surface area contributed by atoms with E-state index in [-0.39, 0.29) is 5.91 Å². The molecule has 0 radical (unpaired) electrons. The Hall–Kier alpha value is -1.55. The van der Waals surface area contributed by atoms with Gasteiger partial charge in [-0.25, -0.2) is 0 Å². The summed E-state index contributed by atoms with van der Waals surface area (Å²) in [6.45, 7) is 7.33. The largest absolute Gasteiger partial charge is 0.494 e. The zero-order valence-electron chi connectivity index (χ0n) is 16.3. The lowest BCUT2D eigenvalue weighted by molar-refractivity contribution is 0.0579. The minimum atomic E-state index is 0.190. The van der Waals surface area contributed by atoms with E-state index in [1.165, 1.54) is 38.8 Å². The minimum absolute atomic E-state index is 0.190. The zero-order valence-corrected chi connectivity index (χ0v) is 16.3. The molecule has 0 spiro atoms. The third-order valence-electron chi connectivity index (χ3n) is 5.69. The van der Waals surface area contributed by atoms with Gasteiger partial charge in [0.1, 0.15) is 5.75 Å². The van der Waals surface area contributed by atoms with Gasteiger partial charge in [-0.2, -0.15) is 0 Å². The molecule has 0 aromatic heterocycles. The van der Waals surface area contributed by atoms with Crippen molar-refractivity contribution in [2.24, 2.45) is 0 Å². The number of amides is 1. The molecule has 2 aliphatic heterocycles. The van der Waals surface area contributed by atoms with Gasteiger partial charge in [0.05, 0.1) is 6.61 Å². The standard InChI is InChI=1S/C22H34N2O2/c1-2-18-26-21-11-9-19(10-12-21)22(25)24-16-7-4-8-20(24)13-17-23-14-5-3-6-15-23/h9-12,20H,2-8,13-18H2,1H3/t20-/m1/s1. The minimum Gasteiger partial charge on any atom is -0.494 e. The molecule has 3 rings (SSSR count). The van der Waals surface area contributed by atoms with Crippen molar-refractivity contribution in [1.82, 2.24) is 9.80 Å². The van der Waals surface area contributed by atoms with Crippen molar-refractivity contribution in [2.75, 3.05) is 32.8 Å². The first kappa shape index (κ1) is 19.2. The van der Waals surface area contributed by atoms with E-state index in [1.54, 1.807) is 0 Å². The van der Waals surface area contributed by atoms with Gasteiger partial charge in [0.15, 0.2) is 0 Å². The Morgan fingerprint density at radius 2 is 1.77 bits per heavy atom. The van der Waals surface area contributed by atoms with E-state index < -0.39 is 0 Å². The van der Waals surface area contributed by atoms with E-state index in [0.717, 1.165) is 56.7 Å². The number of benzene rings is 1. The van der Waals surface area contributed by atoms with Crippen LogP contribution < -0.4 is 4.74 Å². The van der Waals surface area contributed by atoms with Crippen LogP contribution in [0.4, 0.5) is 0 Å². The average molecular weight is 359 g/mol. The van der Waals surface area contributed by atoms with Gasteiger partial charge < -0.3 is 14.5 Å². The lowest BCUT2D eigenvalue weighted by Crippen LogP contribution is -2.45. The molecule has 0 unspecified atom stereocenters. The van der Waals surface area contributed by atoms with Crippen LogP contribution in [0.15, 0.2) is 24.3 Å². The number of hydrogen-bond donors (Lipinski definition) is 0. The average Bonchev–Trinajstić information content (AvgIpc) is 2.71. The molecular formula is C22H34N2O2. The molecule has 1 atom stereocenters. The van der Waals surface area contributed by atoms with Crippen molar-refractivity contribution in [3.63, 3.8) is 0 Å². The molecule has 2 fully saturated rings. The Balaban J connectivity index is 1.58. The maximum Gasteiger partial charge on any atom is 0.254 e. The van der Waals surface area contributed by atoms with Crippen LogP contribution in [0.2, 0.25) is 0 Å². The number of carbonyl (C=O) groups is 1. The van der Waals surface area contributed by atoms with E-state index in [2.05, 4.69) is 16.7 Å². The number of hydrogen-bond acceptors (Lipinski definition) is 3. The Morgan fingerprint density at radius 1 is 1.04 bits per heavy atom. The molecule has 0 bridgehead atoms. The van der Waals surface area contributed by atoms with Gasteiger partial charge in [0, 0.05) is 24.7 Å². The highest BCUT2D eigenvalue weighted by atomic mass is 16.5. The first-order valence-electron chi connectivity index (χ1n) is 10.5. The van der Waals surface area contributed by atoms with Gasteiger partial charge in [-0.15, -0.1) is 0 Å². The monoisotopic (exact) mass is 358 g/mol.